The van der Waals surface area contributed by atoms with Crippen molar-refractivity contribution in [1.29, 1.82) is 0 Å². The van der Waals surface area contributed by atoms with Crippen molar-refractivity contribution < 1.29 is 4.39 Å². The predicted molar refractivity (Wildman–Crippen MR) is 74.0 cm³/mol. The molecule has 0 spiro atoms. The van der Waals surface area contributed by atoms with Crippen LogP contribution >= 0.6 is 0 Å². The maximum atomic E-state index is 13.8. The third kappa shape index (κ3) is 3.55. The van der Waals surface area contributed by atoms with Crippen LogP contribution in [0.4, 0.5) is 4.39 Å². The largest absolute Gasteiger partial charge is 0.310 e. The summed E-state index contributed by atoms with van der Waals surface area (Å²) in [5, 5.41) is 3.56. The van der Waals surface area contributed by atoms with E-state index in [0.29, 0.717) is 0 Å². The van der Waals surface area contributed by atoms with Crippen LogP contribution in [0.3, 0.4) is 0 Å². The molecule has 0 aromatic heterocycles. The first-order chi connectivity index (χ1) is 8.81. The van der Waals surface area contributed by atoms with Gasteiger partial charge in [0.1, 0.15) is 5.82 Å². The molecule has 0 amide bonds. The van der Waals surface area contributed by atoms with Gasteiger partial charge in [-0.2, -0.15) is 0 Å². The van der Waals surface area contributed by atoms with E-state index in [1.54, 1.807) is 12.1 Å². The standard InChI is InChI=1S/C16H24FN/c1-2-16(14-10-6-7-11-15(14)17)18-12-13-8-4-3-5-9-13/h6-7,10-11,13,16,18H,2-5,8-9,12H2,1H3. The molecular formula is C16H24FN. The van der Waals surface area contributed by atoms with Crippen LogP contribution < -0.4 is 5.32 Å². The van der Waals surface area contributed by atoms with Gasteiger partial charge >= 0.3 is 0 Å². The SMILES string of the molecule is CCC(NCC1CCCCC1)c1ccccc1F. The minimum Gasteiger partial charge on any atom is -0.310 e. The molecule has 18 heavy (non-hydrogen) atoms. The molecule has 1 atom stereocenters. The van der Waals surface area contributed by atoms with Crippen LogP contribution in [-0.2, 0) is 0 Å². The van der Waals surface area contributed by atoms with Crippen LogP contribution in [0.1, 0.15) is 57.1 Å². The highest BCUT2D eigenvalue weighted by Crippen LogP contribution is 2.25. The number of hydrogen-bond donors (Lipinski definition) is 1. The molecule has 1 nitrogen and oxygen atoms in total. The normalized spacial score (nSPS) is 18.8. The Morgan fingerprint density at radius 3 is 2.61 bits per heavy atom. The van der Waals surface area contributed by atoms with Crippen LogP contribution in [0.15, 0.2) is 24.3 Å². The summed E-state index contributed by atoms with van der Waals surface area (Å²) in [5.41, 5.74) is 0.816. The quantitative estimate of drug-likeness (QED) is 0.813. The number of benzene rings is 1. The fraction of sp³-hybridized carbons (Fsp3) is 0.625. The molecule has 1 saturated carbocycles. The predicted octanol–water partition coefficient (Wildman–Crippen LogP) is 4.45. The Labute approximate surface area is 110 Å². The van der Waals surface area contributed by atoms with Crippen molar-refractivity contribution >= 4 is 0 Å². The summed E-state index contributed by atoms with van der Waals surface area (Å²) in [6.45, 7) is 3.15. The van der Waals surface area contributed by atoms with E-state index in [1.165, 1.54) is 32.1 Å². The lowest BCUT2D eigenvalue weighted by atomic mass is 9.89. The third-order valence-electron chi connectivity index (χ3n) is 4.07. The maximum Gasteiger partial charge on any atom is 0.127 e. The van der Waals surface area contributed by atoms with Gasteiger partial charge in [-0.1, -0.05) is 44.4 Å². The van der Waals surface area contributed by atoms with Gasteiger partial charge in [-0.3, -0.25) is 0 Å². The highest BCUT2D eigenvalue weighted by atomic mass is 19.1. The average Bonchev–Trinajstić information content (AvgIpc) is 2.42. The van der Waals surface area contributed by atoms with Crippen molar-refractivity contribution in [1.82, 2.24) is 5.32 Å². The summed E-state index contributed by atoms with van der Waals surface area (Å²) >= 11 is 0. The van der Waals surface area contributed by atoms with E-state index in [1.807, 2.05) is 12.1 Å². The Morgan fingerprint density at radius 2 is 1.94 bits per heavy atom. The van der Waals surface area contributed by atoms with Crippen LogP contribution in [0.5, 0.6) is 0 Å². The molecule has 0 saturated heterocycles. The van der Waals surface area contributed by atoms with Gasteiger partial charge in [0.2, 0.25) is 0 Å². The molecule has 2 rings (SSSR count). The summed E-state index contributed by atoms with van der Waals surface area (Å²) in [4.78, 5) is 0. The number of rotatable bonds is 5. The van der Waals surface area contributed by atoms with Gasteiger partial charge in [0.15, 0.2) is 0 Å². The fourth-order valence-corrected chi connectivity index (χ4v) is 2.93. The summed E-state index contributed by atoms with van der Waals surface area (Å²) < 4.78 is 13.8. The van der Waals surface area contributed by atoms with E-state index in [0.717, 1.165) is 24.4 Å². The van der Waals surface area contributed by atoms with Crippen molar-refractivity contribution in [2.75, 3.05) is 6.54 Å². The van der Waals surface area contributed by atoms with Crippen LogP contribution in [-0.4, -0.2) is 6.54 Å². The lowest BCUT2D eigenvalue weighted by Crippen LogP contribution is -2.28. The molecule has 1 aromatic carbocycles. The van der Waals surface area contributed by atoms with E-state index < -0.39 is 0 Å². The first kappa shape index (κ1) is 13.5. The van der Waals surface area contributed by atoms with Gasteiger partial charge in [0, 0.05) is 11.6 Å². The monoisotopic (exact) mass is 249 g/mol. The zero-order valence-electron chi connectivity index (χ0n) is 11.3. The number of halogens is 1. The van der Waals surface area contributed by atoms with Crippen molar-refractivity contribution in [3.05, 3.63) is 35.6 Å². The number of nitrogens with one attached hydrogen (secondary N) is 1. The Balaban J connectivity index is 1.91. The minimum atomic E-state index is -0.0829. The Morgan fingerprint density at radius 1 is 1.22 bits per heavy atom. The Kier molecular flexibility index (Phi) is 5.18. The maximum absolute atomic E-state index is 13.8. The smallest absolute Gasteiger partial charge is 0.127 e. The van der Waals surface area contributed by atoms with E-state index in [9.17, 15) is 4.39 Å². The van der Waals surface area contributed by atoms with E-state index in [-0.39, 0.29) is 11.9 Å². The molecule has 2 heteroatoms. The molecule has 1 aliphatic carbocycles. The second-order valence-electron chi connectivity index (χ2n) is 5.39. The van der Waals surface area contributed by atoms with E-state index in [4.69, 9.17) is 0 Å². The summed E-state index contributed by atoms with van der Waals surface area (Å²) in [6, 6.07) is 7.29. The second kappa shape index (κ2) is 6.89. The second-order valence-corrected chi connectivity index (χ2v) is 5.39. The molecule has 1 aliphatic rings. The lowest BCUT2D eigenvalue weighted by molar-refractivity contribution is 0.324. The van der Waals surface area contributed by atoms with Gasteiger partial charge in [-0.15, -0.1) is 0 Å². The third-order valence-corrected chi connectivity index (χ3v) is 4.07. The fourth-order valence-electron chi connectivity index (χ4n) is 2.93. The van der Waals surface area contributed by atoms with Crippen molar-refractivity contribution in [3.63, 3.8) is 0 Å². The highest BCUT2D eigenvalue weighted by Gasteiger charge is 2.17. The Hall–Kier alpha value is -0.890. The zero-order chi connectivity index (χ0) is 12.8. The molecule has 0 aliphatic heterocycles. The van der Waals surface area contributed by atoms with Gasteiger partial charge in [0.25, 0.3) is 0 Å². The van der Waals surface area contributed by atoms with Crippen molar-refractivity contribution in [2.45, 2.75) is 51.5 Å². The first-order valence-electron chi connectivity index (χ1n) is 7.29. The van der Waals surface area contributed by atoms with Crippen LogP contribution in [0.25, 0.3) is 0 Å². The van der Waals surface area contributed by atoms with Gasteiger partial charge in [0.05, 0.1) is 0 Å². The molecule has 1 N–H and O–H groups in total. The highest BCUT2D eigenvalue weighted by molar-refractivity contribution is 5.21. The summed E-state index contributed by atoms with van der Waals surface area (Å²) in [5.74, 6) is 0.708. The average molecular weight is 249 g/mol. The molecule has 0 bridgehead atoms. The van der Waals surface area contributed by atoms with Gasteiger partial charge in [-0.25, -0.2) is 4.39 Å². The topological polar surface area (TPSA) is 12.0 Å². The molecule has 0 heterocycles. The van der Waals surface area contributed by atoms with Crippen molar-refractivity contribution in [2.24, 2.45) is 5.92 Å². The lowest BCUT2D eigenvalue weighted by Gasteiger charge is -2.25. The van der Waals surface area contributed by atoms with Crippen molar-refractivity contribution in [3.8, 4) is 0 Å². The number of hydrogen-bond acceptors (Lipinski definition) is 1. The molecule has 1 unspecified atom stereocenters. The molecular weight excluding hydrogens is 225 g/mol. The van der Waals surface area contributed by atoms with E-state index in [2.05, 4.69) is 12.2 Å². The molecule has 0 radical (unpaired) electrons. The van der Waals surface area contributed by atoms with Gasteiger partial charge in [-0.05, 0) is 37.8 Å². The summed E-state index contributed by atoms with van der Waals surface area (Å²) in [7, 11) is 0. The minimum absolute atomic E-state index is 0.0829. The molecule has 100 valence electrons. The summed E-state index contributed by atoms with van der Waals surface area (Å²) in [6.07, 6.45) is 7.72. The molecule has 1 aromatic rings. The van der Waals surface area contributed by atoms with Crippen LogP contribution in [0.2, 0.25) is 0 Å². The van der Waals surface area contributed by atoms with Gasteiger partial charge < -0.3 is 5.32 Å². The first-order valence-corrected chi connectivity index (χ1v) is 7.29. The molecule has 1 fully saturated rings. The van der Waals surface area contributed by atoms with E-state index >= 15 is 0 Å². The van der Waals surface area contributed by atoms with Crippen LogP contribution in [0, 0.1) is 11.7 Å². The Bertz CT molecular complexity index is 358. The zero-order valence-corrected chi connectivity index (χ0v) is 11.3.